The van der Waals surface area contributed by atoms with Crippen LogP contribution in [-0.4, -0.2) is 33.1 Å². The normalized spacial score (nSPS) is 18.1. The van der Waals surface area contributed by atoms with Crippen LogP contribution in [0.3, 0.4) is 0 Å². The van der Waals surface area contributed by atoms with E-state index in [4.69, 9.17) is 4.74 Å². The first-order valence-corrected chi connectivity index (χ1v) is 7.07. The molecule has 20 heavy (non-hydrogen) atoms. The predicted octanol–water partition coefficient (Wildman–Crippen LogP) is 2.56. The lowest BCUT2D eigenvalue weighted by atomic mass is 10.1. The monoisotopic (exact) mass is 271 g/mol. The van der Waals surface area contributed by atoms with Crippen molar-refractivity contribution in [3.05, 3.63) is 48.5 Å². The zero-order chi connectivity index (χ0) is 14.0. The first-order valence-electron chi connectivity index (χ1n) is 7.07. The van der Waals surface area contributed by atoms with Crippen LogP contribution < -0.4 is 4.74 Å². The van der Waals surface area contributed by atoms with Gasteiger partial charge in [-0.1, -0.05) is 18.2 Å². The minimum Gasteiger partial charge on any atom is -0.486 e. The maximum atomic E-state index is 6.15. The number of para-hydroxylation sites is 1. The molecule has 0 bridgehead atoms. The summed E-state index contributed by atoms with van der Waals surface area (Å²) in [7, 11) is 0. The number of hydrogen-bond donors (Lipinski definition) is 0. The molecule has 4 heteroatoms. The van der Waals surface area contributed by atoms with Gasteiger partial charge in [0.2, 0.25) is 0 Å². The summed E-state index contributed by atoms with van der Waals surface area (Å²) in [6.07, 6.45) is 5.70. The molecule has 0 amide bonds. The van der Waals surface area contributed by atoms with Crippen LogP contribution in [-0.2, 0) is 13.1 Å². The van der Waals surface area contributed by atoms with Gasteiger partial charge in [-0.25, -0.2) is 4.98 Å². The van der Waals surface area contributed by atoms with E-state index in [-0.39, 0.29) is 5.60 Å². The summed E-state index contributed by atoms with van der Waals surface area (Å²) in [5.41, 5.74) is 1.10. The Hall–Kier alpha value is -1.81. The molecule has 0 saturated carbocycles. The Balaban J connectivity index is 1.75. The fourth-order valence-corrected chi connectivity index (χ4v) is 2.73. The molecule has 0 N–H and O–H groups in total. The second-order valence-electron chi connectivity index (χ2n) is 5.98. The summed E-state index contributed by atoms with van der Waals surface area (Å²) in [6.45, 7) is 8.12. The van der Waals surface area contributed by atoms with E-state index in [1.165, 1.54) is 5.56 Å². The molecule has 1 aromatic heterocycles. The van der Waals surface area contributed by atoms with Gasteiger partial charge in [0.15, 0.2) is 0 Å². The molecule has 2 aromatic rings. The molecule has 0 aliphatic carbocycles. The van der Waals surface area contributed by atoms with Crippen molar-refractivity contribution in [3.8, 4) is 5.75 Å². The highest BCUT2D eigenvalue weighted by Crippen LogP contribution is 2.28. The Morgan fingerprint density at radius 1 is 1.25 bits per heavy atom. The molecule has 0 saturated heterocycles. The van der Waals surface area contributed by atoms with E-state index in [0.29, 0.717) is 0 Å². The summed E-state index contributed by atoms with van der Waals surface area (Å²) in [6, 6.07) is 8.34. The molecule has 0 unspecified atom stereocenters. The van der Waals surface area contributed by atoms with Crippen LogP contribution in [0.1, 0.15) is 19.4 Å². The van der Waals surface area contributed by atoms with E-state index in [1.54, 1.807) is 0 Å². The van der Waals surface area contributed by atoms with Crippen LogP contribution in [0, 0.1) is 0 Å². The topological polar surface area (TPSA) is 30.3 Å². The third-order valence-electron chi connectivity index (χ3n) is 3.59. The van der Waals surface area contributed by atoms with Crippen LogP contribution in [0.4, 0.5) is 0 Å². The summed E-state index contributed by atoms with van der Waals surface area (Å²) < 4.78 is 8.27. The van der Waals surface area contributed by atoms with Gasteiger partial charge < -0.3 is 9.30 Å². The second-order valence-corrected chi connectivity index (χ2v) is 5.98. The van der Waals surface area contributed by atoms with Gasteiger partial charge in [-0.3, -0.25) is 4.90 Å². The summed E-state index contributed by atoms with van der Waals surface area (Å²) >= 11 is 0. The molecule has 106 valence electrons. The molecule has 0 spiro atoms. The van der Waals surface area contributed by atoms with Crippen molar-refractivity contribution in [2.75, 3.05) is 13.1 Å². The van der Waals surface area contributed by atoms with Gasteiger partial charge >= 0.3 is 0 Å². The first-order chi connectivity index (χ1) is 9.62. The Kier molecular flexibility index (Phi) is 3.49. The highest BCUT2D eigenvalue weighted by molar-refractivity contribution is 5.34. The molecule has 2 heterocycles. The van der Waals surface area contributed by atoms with Gasteiger partial charge in [0.25, 0.3) is 0 Å². The van der Waals surface area contributed by atoms with E-state index in [9.17, 15) is 0 Å². The summed E-state index contributed by atoms with van der Waals surface area (Å²) in [5, 5.41) is 0. The van der Waals surface area contributed by atoms with Gasteiger partial charge in [0, 0.05) is 44.1 Å². The van der Waals surface area contributed by atoms with E-state index >= 15 is 0 Å². The number of imidazole rings is 1. The van der Waals surface area contributed by atoms with E-state index < -0.39 is 0 Å². The molecule has 1 aliphatic rings. The average Bonchev–Trinajstić information content (AvgIpc) is 2.86. The largest absolute Gasteiger partial charge is 0.486 e. The van der Waals surface area contributed by atoms with Crippen molar-refractivity contribution in [3.63, 3.8) is 0 Å². The number of rotatable bonds is 3. The standard InChI is InChI=1S/C16H21N3O/c1-16(2)12-19(10-9-18-8-7-17-13-18)11-14-5-3-4-6-15(14)20-16/h3-8,13H,9-12H2,1-2H3. The number of benzene rings is 1. The SMILES string of the molecule is CC1(C)CN(CCn2ccnc2)Cc2ccccc2O1. The quantitative estimate of drug-likeness (QED) is 0.859. The molecular formula is C16H21N3O. The Morgan fingerprint density at radius 2 is 2.10 bits per heavy atom. The highest BCUT2D eigenvalue weighted by Gasteiger charge is 2.28. The van der Waals surface area contributed by atoms with Crippen LogP contribution in [0.15, 0.2) is 43.0 Å². The van der Waals surface area contributed by atoms with Gasteiger partial charge in [0.1, 0.15) is 11.4 Å². The van der Waals surface area contributed by atoms with Gasteiger partial charge in [0.05, 0.1) is 6.33 Å². The second kappa shape index (κ2) is 5.29. The summed E-state index contributed by atoms with van der Waals surface area (Å²) in [4.78, 5) is 6.54. The van der Waals surface area contributed by atoms with Crippen molar-refractivity contribution in [1.82, 2.24) is 14.5 Å². The highest BCUT2D eigenvalue weighted by atomic mass is 16.5. The van der Waals surface area contributed by atoms with Crippen LogP contribution in [0.5, 0.6) is 5.75 Å². The molecule has 3 rings (SSSR count). The lowest BCUT2D eigenvalue weighted by molar-refractivity contribution is 0.0698. The number of nitrogens with zero attached hydrogens (tertiary/aromatic N) is 3. The Bertz CT molecular complexity index is 563. The Labute approximate surface area is 120 Å². The van der Waals surface area contributed by atoms with Crippen molar-refractivity contribution in [2.45, 2.75) is 32.5 Å². The van der Waals surface area contributed by atoms with Crippen LogP contribution >= 0.6 is 0 Å². The summed E-state index contributed by atoms with van der Waals surface area (Å²) in [5.74, 6) is 1.02. The molecule has 0 atom stereocenters. The third kappa shape index (κ3) is 3.02. The first kappa shape index (κ1) is 13.2. The fraction of sp³-hybridized carbons (Fsp3) is 0.438. The average molecular weight is 271 g/mol. The maximum Gasteiger partial charge on any atom is 0.124 e. The minimum absolute atomic E-state index is 0.165. The number of ether oxygens (including phenoxy) is 1. The van der Waals surface area contributed by atoms with E-state index in [0.717, 1.165) is 31.9 Å². The smallest absolute Gasteiger partial charge is 0.124 e. The zero-order valence-electron chi connectivity index (χ0n) is 12.1. The van der Waals surface area contributed by atoms with Crippen LogP contribution in [0.2, 0.25) is 0 Å². The fourth-order valence-electron chi connectivity index (χ4n) is 2.73. The van der Waals surface area contributed by atoms with E-state index in [1.807, 2.05) is 24.8 Å². The lowest BCUT2D eigenvalue weighted by Gasteiger charge is -2.29. The number of fused-ring (bicyclic) bond motifs is 1. The Morgan fingerprint density at radius 3 is 2.90 bits per heavy atom. The number of aromatic nitrogens is 2. The molecule has 1 aromatic carbocycles. The van der Waals surface area contributed by atoms with Gasteiger partial charge in [-0.2, -0.15) is 0 Å². The van der Waals surface area contributed by atoms with Crippen LogP contribution in [0.25, 0.3) is 0 Å². The minimum atomic E-state index is -0.165. The molecule has 1 aliphatic heterocycles. The molecule has 0 radical (unpaired) electrons. The maximum absolute atomic E-state index is 6.15. The zero-order valence-corrected chi connectivity index (χ0v) is 12.1. The van der Waals surface area contributed by atoms with Gasteiger partial charge in [-0.15, -0.1) is 0 Å². The van der Waals surface area contributed by atoms with Crippen molar-refractivity contribution >= 4 is 0 Å². The number of hydrogen-bond acceptors (Lipinski definition) is 3. The van der Waals surface area contributed by atoms with Crippen molar-refractivity contribution in [2.24, 2.45) is 0 Å². The molecule has 4 nitrogen and oxygen atoms in total. The molecular weight excluding hydrogens is 250 g/mol. The predicted molar refractivity (Wildman–Crippen MR) is 78.7 cm³/mol. The van der Waals surface area contributed by atoms with Crippen molar-refractivity contribution < 1.29 is 4.74 Å². The van der Waals surface area contributed by atoms with Gasteiger partial charge in [-0.05, 0) is 19.9 Å². The molecule has 0 fully saturated rings. The van der Waals surface area contributed by atoms with E-state index in [2.05, 4.69) is 46.5 Å². The van der Waals surface area contributed by atoms with Crippen molar-refractivity contribution in [1.29, 1.82) is 0 Å². The lowest BCUT2D eigenvalue weighted by Crippen LogP contribution is -2.41. The third-order valence-corrected chi connectivity index (χ3v) is 3.59.